The predicted octanol–water partition coefficient (Wildman–Crippen LogP) is 0.851. The Morgan fingerprint density at radius 2 is 1.53 bits per heavy atom. The molecule has 0 bridgehead atoms. The van der Waals surface area contributed by atoms with E-state index in [-0.39, 0.29) is 0 Å². The van der Waals surface area contributed by atoms with Crippen LogP contribution >= 0.6 is 0 Å². The van der Waals surface area contributed by atoms with Crippen molar-refractivity contribution in [2.24, 2.45) is 0 Å². The van der Waals surface area contributed by atoms with Crippen LogP contribution in [-0.4, -0.2) is 21.4 Å². The van der Waals surface area contributed by atoms with Crippen molar-refractivity contribution in [3.63, 3.8) is 0 Å². The van der Waals surface area contributed by atoms with Gasteiger partial charge in [-0.25, -0.2) is 8.42 Å². The third-order valence-corrected chi connectivity index (χ3v) is 4.10. The molecule has 82 valence electrons. The summed E-state index contributed by atoms with van der Waals surface area (Å²) in [6.07, 6.45) is 0. The molecule has 5 nitrogen and oxygen atoms in total. The van der Waals surface area contributed by atoms with Crippen LogP contribution in [0.3, 0.4) is 0 Å². The van der Waals surface area contributed by atoms with Crippen molar-refractivity contribution in [1.82, 2.24) is 0 Å². The van der Waals surface area contributed by atoms with Gasteiger partial charge in [0.1, 0.15) is 4.90 Å². The van der Waals surface area contributed by atoms with E-state index in [0.29, 0.717) is 5.41 Å². The van der Waals surface area contributed by atoms with Crippen molar-refractivity contribution < 1.29 is 21.4 Å². The SMILES string of the molecule is C=CS(=O)(=O)c1ccccc1S(=O)(=O)O. The van der Waals surface area contributed by atoms with Crippen LogP contribution in [0.1, 0.15) is 0 Å². The molecule has 0 saturated carbocycles. The van der Waals surface area contributed by atoms with Crippen LogP contribution < -0.4 is 0 Å². The Bertz CT molecular complexity index is 583. The van der Waals surface area contributed by atoms with Gasteiger partial charge in [0.2, 0.25) is 9.84 Å². The molecule has 0 amide bonds. The first-order valence-electron chi connectivity index (χ1n) is 3.73. The van der Waals surface area contributed by atoms with Crippen LogP contribution in [0.4, 0.5) is 0 Å². The van der Waals surface area contributed by atoms with Gasteiger partial charge in [-0.3, -0.25) is 4.55 Å². The maximum atomic E-state index is 11.4. The van der Waals surface area contributed by atoms with Crippen molar-refractivity contribution >= 4 is 20.0 Å². The average Bonchev–Trinajstić information content (AvgIpc) is 2.16. The van der Waals surface area contributed by atoms with Crippen LogP contribution in [0.15, 0.2) is 46.0 Å². The highest BCUT2D eigenvalue weighted by Gasteiger charge is 2.22. The highest BCUT2D eigenvalue weighted by Crippen LogP contribution is 2.21. The Morgan fingerprint density at radius 3 is 1.93 bits per heavy atom. The average molecular weight is 248 g/mol. The molecule has 0 atom stereocenters. The maximum Gasteiger partial charge on any atom is 0.295 e. The summed E-state index contributed by atoms with van der Waals surface area (Å²) in [7, 11) is -8.44. The largest absolute Gasteiger partial charge is 0.295 e. The number of hydrogen-bond acceptors (Lipinski definition) is 4. The smallest absolute Gasteiger partial charge is 0.282 e. The minimum atomic E-state index is -4.55. The zero-order valence-electron chi connectivity index (χ0n) is 7.49. The number of rotatable bonds is 3. The summed E-state index contributed by atoms with van der Waals surface area (Å²) < 4.78 is 53.3. The zero-order valence-corrected chi connectivity index (χ0v) is 9.12. The van der Waals surface area contributed by atoms with Gasteiger partial charge < -0.3 is 0 Å². The molecule has 0 heterocycles. The monoisotopic (exact) mass is 248 g/mol. The molecule has 1 aromatic carbocycles. The van der Waals surface area contributed by atoms with Gasteiger partial charge in [0.25, 0.3) is 10.1 Å². The lowest BCUT2D eigenvalue weighted by molar-refractivity contribution is 0.480. The van der Waals surface area contributed by atoms with E-state index in [1.807, 2.05) is 0 Å². The Hall–Kier alpha value is -1.18. The molecule has 7 heteroatoms. The van der Waals surface area contributed by atoms with Crippen LogP contribution in [0.25, 0.3) is 0 Å². The summed E-state index contributed by atoms with van der Waals surface area (Å²) >= 11 is 0. The van der Waals surface area contributed by atoms with Gasteiger partial charge in [0.05, 0.1) is 4.90 Å². The second-order valence-corrected chi connectivity index (χ2v) is 5.89. The first-order valence-corrected chi connectivity index (χ1v) is 6.72. The Labute approximate surface area is 87.7 Å². The van der Waals surface area contributed by atoms with Crippen molar-refractivity contribution in [3.8, 4) is 0 Å². The first-order chi connectivity index (χ1) is 6.79. The molecule has 1 N–H and O–H groups in total. The standard InChI is InChI=1S/C8H8O5S2/c1-2-14(9,10)7-5-3-4-6-8(7)15(11,12)13/h2-6H,1H2,(H,11,12,13). The molecular formula is C8H8O5S2. The molecule has 0 aliphatic rings. The number of hydrogen-bond donors (Lipinski definition) is 1. The molecule has 0 fully saturated rings. The molecule has 0 aliphatic carbocycles. The highest BCUT2D eigenvalue weighted by atomic mass is 32.2. The van der Waals surface area contributed by atoms with E-state index in [9.17, 15) is 16.8 Å². The van der Waals surface area contributed by atoms with Crippen LogP contribution in [0, 0.1) is 0 Å². The van der Waals surface area contributed by atoms with E-state index in [1.54, 1.807) is 0 Å². The summed E-state index contributed by atoms with van der Waals surface area (Å²) in [4.78, 5) is -1.13. The fourth-order valence-corrected chi connectivity index (χ4v) is 3.02. The molecule has 0 aliphatic heterocycles. The lowest BCUT2D eigenvalue weighted by Crippen LogP contribution is -2.06. The van der Waals surface area contributed by atoms with Crippen LogP contribution in [-0.2, 0) is 20.0 Å². The normalized spacial score (nSPS) is 12.3. The molecule has 0 spiro atoms. The van der Waals surface area contributed by atoms with E-state index in [1.165, 1.54) is 12.1 Å². The van der Waals surface area contributed by atoms with E-state index >= 15 is 0 Å². The Morgan fingerprint density at radius 1 is 1.07 bits per heavy atom. The summed E-state index contributed by atoms with van der Waals surface area (Å²) in [5, 5.41) is 0.622. The third kappa shape index (κ3) is 2.44. The summed E-state index contributed by atoms with van der Waals surface area (Å²) in [5.74, 6) is 0. The topological polar surface area (TPSA) is 88.5 Å². The molecule has 1 rings (SSSR count). The van der Waals surface area contributed by atoms with E-state index in [2.05, 4.69) is 6.58 Å². The molecule has 15 heavy (non-hydrogen) atoms. The maximum absolute atomic E-state index is 11.4. The van der Waals surface area contributed by atoms with Gasteiger partial charge in [-0.1, -0.05) is 18.7 Å². The van der Waals surface area contributed by atoms with Crippen molar-refractivity contribution in [2.75, 3.05) is 0 Å². The molecule has 1 aromatic rings. The van der Waals surface area contributed by atoms with E-state index in [4.69, 9.17) is 4.55 Å². The molecule has 0 unspecified atom stereocenters. The lowest BCUT2D eigenvalue weighted by atomic mass is 10.4. The minimum absolute atomic E-state index is 0.484. The van der Waals surface area contributed by atoms with E-state index < -0.39 is 29.7 Å². The van der Waals surface area contributed by atoms with Gasteiger partial charge in [-0.05, 0) is 12.1 Å². The van der Waals surface area contributed by atoms with Gasteiger partial charge in [0.15, 0.2) is 0 Å². The van der Waals surface area contributed by atoms with Crippen LogP contribution in [0.2, 0.25) is 0 Å². The Balaban J connectivity index is 3.66. The fraction of sp³-hybridized carbons (Fsp3) is 0. The van der Waals surface area contributed by atoms with Gasteiger partial charge in [-0.2, -0.15) is 8.42 Å². The van der Waals surface area contributed by atoms with Crippen molar-refractivity contribution in [3.05, 3.63) is 36.3 Å². The molecule has 0 aromatic heterocycles. The van der Waals surface area contributed by atoms with E-state index in [0.717, 1.165) is 12.1 Å². The number of benzene rings is 1. The second kappa shape index (κ2) is 3.76. The third-order valence-electron chi connectivity index (χ3n) is 1.65. The predicted molar refractivity (Wildman–Crippen MR) is 53.6 cm³/mol. The zero-order chi connectivity index (χ0) is 11.7. The Kier molecular flexibility index (Phi) is 2.98. The minimum Gasteiger partial charge on any atom is -0.282 e. The second-order valence-electron chi connectivity index (χ2n) is 2.63. The summed E-state index contributed by atoms with van der Waals surface area (Å²) in [6, 6.07) is 4.75. The summed E-state index contributed by atoms with van der Waals surface area (Å²) in [6.45, 7) is 3.07. The van der Waals surface area contributed by atoms with Gasteiger partial charge in [-0.15, -0.1) is 0 Å². The van der Waals surface area contributed by atoms with Crippen LogP contribution in [0.5, 0.6) is 0 Å². The summed E-state index contributed by atoms with van der Waals surface area (Å²) in [5.41, 5.74) is 0. The van der Waals surface area contributed by atoms with Gasteiger partial charge >= 0.3 is 0 Å². The highest BCUT2D eigenvalue weighted by molar-refractivity contribution is 7.95. The number of sulfone groups is 1. The quantitative estimate of drug-likeness (QED) is 0.801. The molecule has 0 radical (unpaired) electrons. The van der Waals surface area contributed by atoms with Crippen molar-refractivity contribution in [1.29, 1.82) is 0 Å². The molecule has 0 saturated heterocycles. The fourth-order valence-electron chi connectivity index (χ4n) is 0.988. The van der Waals surface area contributed by atoms with Crippen molar-refractivity contribution in [2.45, 2.75) is 9.79 Å². The van der Waals surface area contributed by atoms with Gasteiger partial charge in [0, 0.05) is 5.41 Å². The first kappa shape index (κ1) is 11.9. The lowest BCUT2D eigenvalue weighted by Gasteiger charge is -2.03. The molecular weight excluding hydrogens is 240 g/mol.